The fraction of sp³-hybridized carbons (Fsp3) is 0.545. The molecule has 0 spiro atoms. The van der Waals surface area contributed by atoms with Crippen LogP contribution in [0, 0.1) is 5.92 Å². The topological polar surface area (TPSA) is 76.1 Å². The molecule has 1 aliphatic heterocycles. The van der Waals surface area contributed by atoms with Gasteiger partial charge < -0.3 is 19.5 Å². The molecule has 0 saturated carbocycles. The zero-order chi connectivity index (χ0) is 20.8. The van der Waals surface area contributed by atoms with Crippen molar-refractivity contribution in [2.45, 2.75) is 52.5 Å². The van der Waals surface area contributed by atoms with Crippen LogP contribution in [-0.4, -0.2) is 42.5 Å². The van der Waals surface area contributed by atoms with E-state index in [9.17, 15) is 14.7 Å². The van der Waals surface area contributed by atoms with Gasteiger partial charge in [-0.05, 0) is 31.4 Å². The summed E-state index contributed by atoms with van der Waals surface area (Å²) in [4.78, 5) is 26.8. The monoisotopic (exact) mass is 389 g/mol. The third-order valence-corrected chi connectivity index (χ3v) is 5.42. The Hall–Kier alpha value is -2.50. The first-order valence-corrected chi connectivity index (χ1v) is 9.86. The molecule has 1 heterocycles. The average molecular weight is 389 g/mol. The first kappa shape index (κ1) is 21.8. The number of rotatable bonds is 10. The van der Waals surface area contributed by atoms with E-state index in [4.69, 9.17) is 9.47 Å². The van der Waals surface area contributed by atoms with Gasteiger partial charge in [-0.3, -0.25) is 9.59 Å². The van der Waals surface area contributed by atoms with E-state index in [1.807, 2.05) is 0 Å². The van der Waals surface area contributed by atoms with Gasteiger partial charge in [0.25, 0.3) is 5.91 Å². The summed E-state index contributed by atoms with van der Waals surface area (Å²) < 4.78 is 10.8. The van der Waals surface area contributed by atoms with Crippen molar-refractivity contribution in [3.63, 3.8) is 0 Å². The van der Waals surface area contributed by atoms with Crippen LogP contribution in [0.5, 0.6) is 11.5 Å². The minimum absolute atomic E-state index is 0.124. The molecule has 28 heavy (non-hydrogen) atoms. The van der Waals surface area contributed by atoms with E-state index in [-0.39, 0.29) is 11.4 Å². The summed E-state index contributed by atoms with van der Waals surface area (Å²) in [5.41, 5.74) is 0.787. The van der Waals surface area contributed by atoms with Crippen LogP contribution in [0.25, 0.3) is 0 Å². The molecule has 1 amide bonds. The molecule has 1 aromatic carbocycles. The summed E-state index contributed by atoms with van der Waals surface area (Å²) >= 11 is 0. The van der Waals surface area contributed by atoms with Gasteiger partial charge in [0, 0.05) is 18.2 Å². The highest BCUT2D eigenvalue weighted by atomic mass is 16.5. The van der Waals surface area contributed by atoms with Crippen LogP contribution in [0.4, 0.5) is 0 Å². The molecule has 1 aliphatic rings. The van der Waals surface area contributed by atoms with Crippen LogP contribution in [0.1, 0.15) is 58.1 Å². The number of aliphatic hydroxyl groups is 1. The van der Waals surface area contributed by atoms with Crippen LogP contribution in [0.15, 0.2) is 29.5 Å². The summed E-state index contributed by atoms with van der Waals surface area (Å²) in [5, 5.41) is 10.5. The maximum atomic E-state index is 12.9. The highest BCUT2D eigenvalue weighted by molar-refractivity contribution is 6.08. The summed E-state index contributed by atoms with van der Waals surface area (Å²) in [6, 6.07) is 4.61. The summed E-state index contributed by atoms with van der Waals surface area (Å²) in [6.45, 7) is 6.10. The fourth-order valence-electron chi connectivity index (χ4n) is 3.76. The molecule has 2 rings (SSSR count). The van der Waals surface area contributed by atoms with Crippen LogP contribution < -0.4 is 9.47 Å². The normalized spacial score (nSPS) is 17.8. The predicted octanol–water partition coefficient (Wildman–Crippen LogP) is 4.20. The van der Waals surface area contributed by atoms with Gasteiger partial charge in [0.2, 0.25) is 0 Å². The molecular formula is C22H31NO5. The van der Waals surface area contributed by atoms with Crippen LogP contribution in [0.3, 0.4) is 0 Å². The van der Waals surface area contributed by atoms with Crippen molar-refractivity contribution in [3.05, 3.63) is 35.1 Å². The quantitative estimate of drug-likeness (QED) is 0.649. The average Bonchev–Trinajstić information content (AvgIpc) is 2.95. The zero-order valence-electron chi connectivity index (χ0n) is 17.4. The van der Waals surface area contributed by atoms with Gasteiger partial charge in [-0.2, -0.15) is 0 Å². The Morgan fingerprint density at radius 1 is 1.25 bits per heavy atom. The van der Waals surface area contributed by atoms with Crippen molar-refractivity contribution in [1.29, 1.82) is 0 Å². The molecule has 0 unspecified atom stereocenters. The maximum Gasteiger partial charge on any atom is 0.290 e. The van der Waals surface area contributed by atoms with E-state index >= 15 is 0 Å². The molecule has 154 valence electrons. The number of ether oxygens (including phenoxy) is 2. The van der Waals surface area contributed by atoms with E-state index < -0.39 is 17.7 Å². The van der Waals surface area contributed by atoms with Crippen molar-refractivity contribution >= 4 is 11.7 Å². The molecule has 2 atom stereocenters. The third-order valence-electron chi connectivity index (χ3n) is 5.42. The van der Waals surface area contributed by atoms with Gasteiger partial charge in [-0.1, -0.05) is 33.1 Å². The summed E-state index contributed by atoms with van der Waals surface area (Å²) in [7, 11) is 3.10. The number of nitrogens with zero attached hydrogens (tertiary/aromatic N) is 1. The van der Waals surface area contributed by atoms with E-state index in [1.54, 1.807) is 30.2 Å². The Balaban J connectivity index is 2.50. The molecule has 0 aliphatic carbocycles. The van der Waals surface area contributed by atoms with Crippen molar-refractivity contribution in [1.82, 2.24) is 4.90 Å². The van der Waals surface area contributed by atoms with Crippen molar-refractivity contribution in [2.75, 3.05) is 20.8 Å². The minimum atomic E-state index is -0.665. The maximum absolute atomic E-state index is 12.9. The smallest absolute Gasteiger partial charge is 0.290 e. The lowest BCUT2D eigenvalue weighted by molar-refractivity contribution is -0.130. The lowest BCUT2D eigenvalue weighted by atomic mass is 9.93. The minimum Gasteiger partial charge on any atom is -0.503 e. The second-order valence-corrected chi connectivity index (χ2v) is 7.20. The van der Waals surface area contributed by atoms with Gasteiger partial charge in [-0.25, -0.2) is 0 Å². The SMILES string of the molecule is CCCC[C@H](CC)CN1C(=O)C(O)=C(C(C)=O)[C@@H]1c1ccc(OC)cc1OC. The number of aliphatic hydroxyl groups excluding tert-OH is 1. The number of unbranched alkanes of at least 4 members (excludes halogenated alkanes) is 1. The molecule has 1 aromatic rings. The number of Topliss-reactive ketones (excluding diaryl/α,β-unsaturated/α-hetero) is 1. The highest BCUT2D eigenvalue weighted by Gasteiger charge is 2.44. The van der Waals surface area contributed by atoms with E-state index in [1.165, 1.54) is 14.0 Å². The van der Waals surface area contributed by atoms with Crippen molar-refractivity contribution in [3.8, 4) is 11.5 Å². The number of amides is 1. The number of hydrogen-bond acceptors (Lipinski definition) is 5. The molecule has 0 radical (unpaired) electrons. The largest absolute Gasteiger partial charge is 0.503 e. The number of methoxy groups -OCH3 is 2. The standard InChI is InChI=1S/C22H31NO5/c1-6-8-9-15(7-2)13-23-20(19(14(3)24)21(25)22(23)26)17-11-10-16(27-4)12-18(17)28-5/h10-12,15,20,25H,6-9,13H2,1-5H3/t15-,20-/m0/s1. The van der Waals surface area contributed by atoms with Gasteiger partial charge in [-0.15, -0.1) is 0 Å². The number of carbonyl (C=O) groups excluding carboxylic acids is 2. The molecule has 6 heteroatoms. The summed E-state index contributed by atoms with van der Waals surface area (Å²) in [6.07, 6.45) is 4.09. The highest BCUT2D eigenvalue weighted by Crippen LogP contribution is 2.43. The third kappa shape index (κ3) is 4.32. The van der Waals surface area contributed by atoms with Crippen LogP contribution in [-0.2, 0) is 9.59 Å². The van der Waals surface area contributed by atoms with Crippen molar-refractivity contribution < 1.29 is 24.2 Å². The Morgan fingerprint density at radius 3 is 2.50 bits per heavy atom. The van der Waals surface area contributed by atoms with E-state index in [0.29, 0.717) is 29.5 Å². The molecule has 0 bridgehead atoms. The van der Waals surface area contributed by atoms with Crippen molar-refractivity contribution in [2.24, 2.45) is 5.92 Å². The zero-order valence-corrected chi connectivity index (χ0v) is 17.4. The molecule has 6 nitrogen and oxygen atoms in total. The number of benzene rings is 1. The van der Waals surface area contributed by atoms with E-state index in [2.05, 4.69) is 13.8 Å². The molecule has 1 N–H and O–H groups in total. The van der Waals surface area contributed by atoms with Gasteiger partial charge in [0.05, 0.1) is 25.8 Å². The Labute approximate surface area is 167 Å². The van der Waals surface area contributed by atoms with Gasteiger partial charge >= 0.3 is 0 Å². The first-order valence-electron chi connectivity index (χ1n) is 9.86. The van der Waals surface area contributed by atoms with Crippen LogP contribution in [0.2, 0.25) is 0 Å². The predicted molar refractivity (Wildman–Crippen MR) is 108 cm³/mol. The van der Waals surface area contributed by atoms with Crippen LogP contribution >= 0.6 is 0 Å². The number of ketones is 1. The second kappa shape index (κ2) is 9.62. The van der Waals surface area contributed by atoms with Gasteiger partial charge in [0.1, 0.15) is 11.5 Å². The van der Waals surface area contributed by atoms with Gasteiger partial charge in [0.15, 0.2) is 11.5 Å². The molecular weight excluding hydrogens is 358 g/mol. The molecule has 0 aromatic heterocycles. The summed E-state index contributed by atoms with van der Waals surface area (Å²) in [5.74, 6) is 0.150. The molecule has 0 fully saturated rings. The number of carbonyl (C=O) groups is 2. The number of hydrogen-bond donors (Lipinski definition) is 1. The Bertz CT molecular complexity index is 755. The first-order chi connectivity index (χ1) is 13.4. The molecule has 0 saturated heterocycles. The fourth-order valence-corrected chi connectivity index (χ4v) is 3.76. The Morgan fingerprint density at radius 2 is 1.96 bits per heavy atom. The Kier molecular flexibility index (Phi) is 7.49. The lowest BCUT2D eigenvalue weighted by Crippen LogP contribution is -2.35. The van der Waals surface area contributed by atoms with E-state index in [0.717, 1.165) is 25.7 Å². The lowest BCUT2D eigenvalue weighted by Gasteiger charge is -2.31. The second-order valence-electron chi connectivity index (χ2n) is 7.20.